The number of carbonyl (C=O) groups is 4. The van der Waals surface area contributed by atoms with Crippen molar-refractivity contribution in [2.24, 2.45) is 0 Å². The van der Waals surface area contributed by atoms with E-state index in [-0.39, 0.29) is 34.3 Å². The number of benzene rings is 3. The summed E-state index contributed by atoms with van der Waals surface area (Å²) < 4.78 is 5.64. The third-order valence-electron chi connectivity index (χ3n) is 5.47. The molecule has 1 fully saturated rings. The highest BCUT2D eigenvalue weighted by molar-refractivity contribution is 6.39. The van der Waals surface area contributed by atoms with Crippen molar-refractivity contribution in [1.82, 2.24) is 5.32 Å². The molecule has 4 rings (SSSR count). The van der Waals surface area contributed by atoms with Crippen molar-refractivity contribution in [1.29, 1.82) is 0 Å². The molecule has 12 heteroatoms. The predicted octanol–water partition coefficient (Wildman–Crippen LogP) is 4.24. The Morgan fingerprint density at radius 3 is 2.50 bits per heavy atom. The Morgan fingerprint density at radius 2 is 1.82 bits per heavy atom. The van der Waals surface area contributed by atoms with Crippen molar-refractivity contribution < 1.29 is 28.8 Å². The van der Waals surface area contributed by atoms with Crippen molar-refractivity contribution in [2.45, 2.75) is 6.92 Å². The van der Waals surface area contributed by atoms with Gasteiger partial charge in [0.2, 0.25) is 0 Å². The maximum Gasteiger partial charge on any atom is 0.335 e. The number of nitrogens with one attached hydrogen (secondary N) is 2. The van der Waals surface area contributed by atoms with Crippen LogP contribution in [0.25, 0.3) is 6.08 Å². The number of imide groups is 2. The van der Waals surface area contributed by atoms with Gasteiger partial charge in [-0.05, 0) is 55.0 Å². The Labute approximate surface area is 220 Å². The van der Waals surface area contributed by atoms with Crippen LogP contribution in [0.5, 0.6) is 5.75 Å². The fourth-order valence-electron chi connectivity index (χ4n) is 3.58. The van der Waals surface area contributed by atoms with E-state index < -0.39 is 34.2 Å². The summed E-state index contributed by atoms with van der Waals surface area (Å²) in [5.41, 5.74) is 1.06. The second-order valence-corrected chi connectivity index (χ2v) is 8.50. The van der Waals surface area contributed by atoms with E-state index in [1.165, 1.54) is 36.4 Å². The van der Waals surface area contributed by atoms with Gasteiger partial charge in [-0.2, -0.15) is 0 Å². The van der Waals surface area contributed by atoms with E-state index >= 15 is 0 Å². The van der Waals surface area contributed by atoms with E-state index in [1.807, 2.05) is 19.1 Å². The first-order valence-electron chi connectivity index (χ1n) is 11.1. The number of non-ortho nitro benzene ring substituents is 1. The lowest BCUT2D eigenvalue weighted by Gasteiger charge is -2.26. The van der Waals surface area contributed by atoms with Gasteiger partial charge in [0.1, 0.15) is 11.3 Å². The number of barbiturate groups is 1. The summed E-state index contributed by atoms with van der Waals surface area (Å²) in [6.45, 7) is 1.47. The Balaban J connectivity index is 1.59. The molecule has 0 atom stereocenters. The summed E-state index contributed by atoms with van der Waals surface area (Å²) in [7, 11) is 0. The highest BCUT2D eigenvalue weighted by Crippen LogP contribution is 2.28. The first-order valence-corrected chi connectivity index (χ1v) is 11.5. The molecule has 0 bridgehead atoms. The van der Waals surface area contributed by atoms with Crippen molar-refractivity contribution in [3.63, 3.8) is 0 Å². The average molecular weight is 535 g/mol. The minimum absolute atomic E-state index is 0.0203. The molecular weight excluding hydrogens is 516 g/mol. The van der Waals surface area contributed by atoms with Gasteiger partial charge in [0.05, 0.1) is 10.6 Å². The first-order chi connectivity index (χ1) is 18.1. The first kappa shape index (κ1) is 26.0. The number of anilines is 2. The van der Waals surface area contributed by atoms with E-state index in [1.54, 1.807) is 12.1 Å². The smallest absolute Gasteiger partial charge is 0.335 e. The molecule has 0 saturated carbocycles. The lowest BCUT2D eigenvalue weighted by atomic mass is 10.1. The van der Waals surface area contributed by atoms with E-state index in [4.69, 9.17) is 16.3 Å². The minimum Gasteiger partial charge on any atom is -0.483 e. The highest BCUT2D eigenvalue weighted by Gasteiger charge is 2.37. The second kappa shape index (κ2) is 10.9. The second-order valence-electron chi connectivity index (χ2n) is 8.07. The average Bonchev–Trinajstić information content (AvgIpc) is 2.87. The summed E-state index contributed by atoms with van der Waals surface area (Å²) in [5.74, 6) is -2.20. The highest BCUT2D eigenvalue weighted by atomic mass is 35.5. The summed E-state index contributed by atoms with van der Waals surface area (Å²) in [5, 5.41) is 16.0. The molecule has 1 aliphatic heterocycles. The monoisotopic (exact) mass is 534 g/mol. The fraction of sp³-hybridized carbons (Fsp3) is 0.0769. The number of carbonyl (C=O) groups excluding carboxylic acids is 4. The zero-order chi connectivity index (χ0) is 27.4. The van der Waals surface area contributed by atoms with E-state index in [9.17, 15) is 29.3 Å². The van der Waals surface area contributed by atoms with Gasteiger partial charge in [-0.3, -0.25) is 29.8 Å². The molecule has 0 unspecified atom stereocenters. The van der Waals surface area contributed by atoms with Crippen LogP contribution in [-0.2, 0) is 14.4 Å². The molecule has 1 heterocycles. The third kappa shape index (κ3) is 5.68. The fourth-order valence-corrected chi connectivity index (χ4v) is 3.76. The Hall–Kier alpha value is -5.03. The zero-order valence-electron chi connectivity index (χ0n) is 19.8. The maximum atomic E-state index is 13.2. The van der Waals surface area contributed by atoms with Gasteiger partial charge in [-0.15, -0.1) is 0 Å². The predicted molar refractivity (Wildman–Crippen MR) is 139 cm³/mol. The largest absolute Gasteiger partial charge is 0.483 e. The number of aryl methyl sites for hydroxylation is 1. The van der Waals surface area contributed by atoms with Crippen molar-refractivity contribution in [3.8, 4) is 5.75 Å². The van der Waals surface area contributed by atoms with E-state index in [2.05, 4.69) is 10.6 Å². The van der Waals surface area contributed by atoms with Gasteiger partial charge < -0.3 is 10.1 Å². The van der Waals surface area contributed by atoms with Gasteiger partial charge >= 0.3 is 6.03 Å². The molecule has 3 aromatic rings. The molecule has 1 aliphatic rings. The molecule has 192 valence electrons. The molecule has 38 heavy (non-hydrogen) atoms. The normalized spacial score (nSPS) is 14.3. The molecule has 11 nitrogen and oxygen atoms in total. The van der Waals surface area contributed by atoms with Crippen molar-refractivity contribution in [3.05, 3.63) is 98.6 Å². The number of para-hydroxylation sites is 1. The number of ether oxygens (including phenoxy) is 1. The SMILES string of the molecule is Cc1ccccc1NC(=O)COc1ccc(Cl)cc1/C=C1/C(=O)NC(=O)N(c2ccc([N+](=O)[O-])cc2)C1=O. The van der Waals surface area contributed by atoms with Crippen LogP contribution in [0.2, 0.25) is 5.02 Å². The number of nitro groups is 1. The van der Waals surface area contributed by atoms with Gasteiger partial charge in [-0.1, -0.05) is 29.8 Å². The van der Waals surface area contributed by atoms with Crippen LogP contribution in [0.4, 0.5) is 21.9 Å². The summed E-state index contributed by atoms with van der Waals surface area (Å²) in [4.78, 5) is 61.6. The number of urea groups is 1. The molecule has 0 spiro atoms. The van der Waals surface area contributed by atoms with Crippen LogP contribution < -0.4 is 20.3 Å². The quantitative estimate of drug-likeness (QED) is 0.199. The number of rotatable bonds is 7. The van der Waals surface area contributed by atoms with Gasteiger partial charge in [0.15, 0.2) is 6.61 Å². The number of halogens is 1. The van der Waals surface area contributed by atoms with Crippen LogP contribution in [0, 0.1) is 17.0 Å². The van der Waals surface area contributed by atoms with Crippen LogP contribution in [0.3, 0.4) is 0 Å². The Morgan fingerprint density at radius 1 is 1.11 bits per heavy atom. The Bertz CT molecular complexity index is 1500. The Kier molecular flexibility index (Phi) is 7.49. The van der Waals surface area contributed by atoms with Gasteiger partial charge in [0, 0.05) is 28.4 Å². The molecule has 5 amide bonds. The molecule has 1 saturated heterocycles. The van der Waals surface area contributed by atoms with Crippen LogP contribution in [0.1, 0.15) is 11.1 Å². The van der Waals surface area contributed by atoms with E-state index in [0.29, 0.717) is 10.6 Å². The molecule has 0 aromatic heterocycles. The maximum absolute atomic E-state index is 13.2. The van der Waals surface area contributed by atoms with Crippen molar-refractivity contribution >= 4 is 58.5 Å². The van der Waals surface area contributed by atoms with Crippen LogP contribution in [-0.4, -0.2) is 35.3 Å². The molecule has 0 radical (unpaired) electrons. The lowest BCUT2D eigenvalue weighted by molar-refractivity contribution is -0.384. The molecule has 2 N–H and O–H groups in total. The summed E-state index contributed by atoms with van der Waals surface area (Å²) in [6.07, 6.45) is 1.18. The molecule has 0 aliphatic carbocycles. The minimum atomic E-state index is -1.01. The third-order valence-corrected chi connectivity index (χ3v) is 5.71. The lowest BCUT2D eigenvalue weighted by Crippen LogP contribution is -2.54. The van der Waals surface area contributed by atoms with Crippen molar-refractivity contribution in [2.75, 3.05) is 16.8 Å². The summed E-state index contributed by atoms with van der Waals surface area (Å²) >= 11 is 6.11. The number of hydrogen-bond acceptors (Lipinski definition) is 7. The van der Waals surface area contributed by atoms with Gasteiger partial charge in [0.25, 0.3) is 23.4 Å². The number of nitrogens with zero attached hydrogens (tertiary/aromatic N) is 2. The zero-order valence-corrected chi connectivity index (χ0v) is 20.5. The number of hydrogen-bond donors (Lipinski definition) is 2. The van der Waals surface area contributed by atoms with E-state index in [0.717, 1.165) is 17.7 Å². The standard InChI is InChI=1S/C26H19ClN4O7/c1-15-4-2-3-5-21(15)28-23(32)14-38-22-11-6-17(27)12-16(22)13-20-24(33)29-26(35)30(25(20)34)18-7-9-19(10-8-18)31(36)37/h2-13H,14H2,1H3,(H,28,32)(H,29,33,35)/b20-13-. The molecule has 3 aromatic carbocycles. The summed E-state index contributed by atoms with van der Waals surface area (Å²) in [6, 6.07) is 15.3. The van der Waals surface area contributed by atoms with Crippen LogP contribution >= 0.6 is 11.6 Å². The molecular formula is C26H19ClN4O7. The topological polar surface area (TPSA) is 148 Å². The number of amides is 5. The van der Waals surface area contributed by atoms with Gasteiger partial charge in [-0.25, -0.2) is 9.69 Å². The number of nitro benzene ring substituents is 1. The van der Waals surface area contributed by atoms with Crippen LogP contribution in [0.15, 0.2) is 72.3 Å².